The number of fused-ring (bicyclic) bond motifs is 1. The highest BCUT2D eigenvalue weighted by molar-refractivity contribution is 5.85. The van der Waals surface area contributed by atoms with E-state index in [9.17, 15) is 4.79 Å². The maximum absolute atomic E-state index is 11.9. The number of ether oxygens (including phenoxy) is 1. The summed E-state index contributed by atoms with van der Waals surface area (Å²) in [6.07, 6.45) is 1.69. The Balaban J connectivity index is 0.00000220. The van der Waals surface area contributed by atoms with Crippen molar-refractivity contribution in [3.05, 3.63) is 11.6 Å². The molecule has 0 radical (unpaired) electrons. The summed E-state index contributed by atoms with van der Waals surface area (Å²) in [6.45, 7) is 5.03. The molecule has 120 valence electrons. The van der Waals surface area contributed by atoms with Crippen LogP contribution in [0.25, 0.3) is 0 Å². The van der Waals surface area contributed by atoms with Gasteiger partial charge in [-0.3, -0.25) is 4.79 Å². The first-order valence-corrected chi connectivity index (χ1v) is 6.99. The van der Waals surface area contributed by atoms with Crippen molar-refractivity contribution in [1.82, 2.24) is 20.1 Å². The number of amides is 1. The van der Waals surface area contributed by atoms with Crippen molar-refractivity contribution in [3.8, 4) is 0 Å². The number of nitrogens with two attached hydrogens (primary N) is 1. The van der Waals surface area contributed by atoms with E-state index < -0.39 is 6.04 Å². The van der Waals surface area contributed by atoms with Crippen molar-refractivity contribution in [1.29, 1.82) is 0 Å². The molecule has 0 saturated carbocycles. The monoisotopic (exact) mass is 317 g/mol. The van der Waals surface area contributed by atoms with Crippen LogP contribution >= 0.6 is 12.4 Å². The third-order valence-electron chi connectivity index (χ3n) is 3.42. The fraction of sp³-hybridized carbons (Fsp3) is 0.769. The SMILES string of the molecule is COCC(N)C(=O)NC1CCc2nc(C(C)C)nn2C1.Cl. The first-order chi connectivity index (χ1) is 9.51. The highest BCUT2D eigenvalue weighted by Crippen LogP contribution is 2.16. The minimum absolute atomic E-state index is 0. The average Bonchev–Trinajstić information content (AvgIpc) is 2.82. The van der Waals surface area contributed by atoms with Crippen LogP contribution < -0.4 is 11.1 Å². The number of aromatic nitrogens is 3. The molecule has 0 bridgehead atoms. The van der Waals surface area contributed by atoms with E-state index in [1.807, 2.05) is 4.68 Å². The van der Waals surface area contributed by atoms with Gasteiger partial charge in [-0.1, -0.05) is 13.8 Å². The van der Waals surface area contributed by atoms with Gasteiger partial charge in [0.05, 0.1) is 13.2 Å². The van der Waals surface area contributed by atoms with E-state index in [-0.39, 0.29) is 31.0 Å². The Morgan fingerprint density at radius 1 is 1.57 bits per heavy atom. The fourth-order valence-corrected chi connectivity index (χ4v) is 2.25. The van der Waals surface area contributed by atoms with Crippen LogP contribution in [0, 0.1) is 0 Å². The molecule has 0 aliphatic carbocycles. The third kappa shape index (κ3) is 4.39. The highest BCUT2D eigenvalue weighted by atomic mass is 35.5. The molecule has 21 heavy (non-hydrogen) atoms. The van der Waals surface area contributed by atoms with Crippen LogP contribution in [0.3, 0.4) is 0 Å². The van der Waals surface area contributed by atoms with Crippen molar-refractivity contribution >= 4 is 18.3 Å². The average molecular weight is 318 g/mol. The fourth-order valence-electron chi connectivity index (χ4n) is 2.25. The van der Waals surface area contributed by atoms with Crippen LogP contribution in [0.5, 0.6) is 0 Å². The van der Waals surface area contributed by atoms with Crippen molar-refractivity contribution in [3.63, 3.8) is 0 Å². The summed E-state index contributed by atoms with van der Waals surface area (Å²) >= 11 is 0. The number of aryl methyl sites for hydroxylation is 1. The highest BCUT2D eigenvalue weighted by Gasteiger charge is 2.25. The van der Waals surface area contributed by atoms with Gasteiger partial charge in [0.25, 0.3) is 0 Å². The quantitative estimate of drug-likeness (QED) is 0.810. The van der Waals surface area contributed by atoms with Gasteiger partial charge < -0.3 is 15.8 Å². The summed E-state index contributed by atoms with van der Waals surface area (Å²) in [7, 11) is 1.53. The van der Waals surface area contributed by atoms with Crippen LogP contribution in [-0.4, -0.2) is 46.5 Å². The van der Waals surface area contributed by atoms with Gasteiger partial charge in [-0.05, 0) is 6.42 Å². The topological polar surface area (TPSA) is 95.1 Å². The Morgan fingerprint density at radius 3 is 2.90 bits per heavy atom. The molecule has 2 atom stereocenters. The molecule has 0 aromatic carbocycles. The predicted octanol–water partition coefficient (Wildman–Crippen LogP) is 0.228. The van der Waals surface area contributed by atoms with Gasteiger partial charge in [-0.15, -0.1) is 12.4 Å². The van der Waals surface area contributed by atoms with E-state index in [4.69, 9.17) is 10.5 Å². The number of halogens is 1. The van der Waals surface area contributed by atoms with Crippen molar-refractivity contribution in [2.24, 2.45) is 5.73 Å². The Hall–Kier alpha value is -1.18. The van der Waals surface area contributed by atoms with Gasteiger partial charge in [0.2, 0.25) is 5.91 Å². The second-order valence-electron chi connectivity index (χ2n) is 5.53. The Kier molecular flexibility index (Phi) is 6.57. The molecule has 2 rings (SSSR count). The molecule has 1 aromatic rings. The summed E-state index contributed by atoms with van der Waals surface area (Å²) in [5.41, 5.74) is 5.71. The summed E-state index contributed by atoms with van der Waals surface area (Å²) in [4.78, 5) is 16.4. The summed E-state index contributed by atoms with van der Waals surface area (Å²) in [6, 6.07) is -0.567. The zero-order chi connectivity index (χ0) is 14.7. The predicted molar refractivity (Wildman–Crippen MR) is 81.5 cm³/mol. The van der Waals surface area contributed by atoms with Crippen molar-refractivity contribution in [2.75, 3.05) is 13.7 Å². The van der Waals surface area contributed by atoms with Crippen LogP contribution in [0.1, 0.15) is 37.8 Å². The summed E-state index contributed by atoms with van der Waals surface area (Å²) < 4.78 is 6.78. The molecule has 3 N–H and O–H groups in total. The number of nitrogens with one attached hydrogen (secondary N) is 1. The first kappa shape index (κ1) is 17.9. The maximum Gasteiger partial charge on any atom is 0.239 e. The van der Waals surface area contributed by atoms with E-state index in [1.54, 1.807) is 0 Å². The molecule has 1 aromatic heterocycles. The molecular weight excluding hydrogens is 294 g/mol. The van der Waals surface area contributed by atoms with Gasteiger partial charge in [0.1, 0.15) is 11.9 Å². The maximum atomic E-state index is 11.9. The molecule has 1 aliphatic rings. The lowest BCUT2D eigenvalue weighted by atomic mass is 10.1. The van der Waals surface area contributed by atoms with E-state index in [0.717, 1.165) is 24.5 Å². The zero-order valence-corrected chi connectivity index (χ0v) is 13.5. The van der Waals surface area contributed by atoms with E-state index in [2.05, 4.69) is 29.2 Å². The lowest BCUT2D eigenvalue weighted by Crippen LogP contribution is -2.49. The largest absolute Gasteiger partial charge is 0.383 e. The molecule has 7 nitrogen and oxygen atoms in total. The molecule has 8 heteroatoms. The first-order valence-electron chi connectivity index (χ1n) is 6.99. The van der Waals surface area contributed by atoms with Crippen LogP contribution in [0.4, 0.5) is 0 Å². The number of carbonyl (C=O) groups is 1. The number of nitrogens with zero attached hydrogens (tertiary/aromatic N) is 3. The van der Waals surface area contributed by atoms with Crippen LogP contribution in [0.15, 0.2) is 0 Å². The number of methoxy groups -OCH3 is 1. The van der Waals surface area contributed by atoms with Crippen molar-refractivity contribution in [2.45, 2.75) is 51.2 Å². The summed E-state index contributed by atoms with van der Waals surface area (Å²) in [5.74, 6) is 2.00. The standard InChI is InChI=1S/C13H23N5O2.ClH/c1-8(2)12-16-11-5-4-9(6-18(11)17-12)15-13(19)10(14)7-20-3;/h8-10H,4-7,14H2,1-3H3,(H,15,19);1H. The second-order valence-corrected chi connectivity index (χ2v) is 5.53. The Morgan fingerprint density at radius 2 is 2.29 bits per heavy atom. The molecule has 1 amide bonds. The normalized spacial score (nSPS) is 18.8. The van der Waals surface area contributed by atoms with Gasteiger partial charge in [-0.2, -0.15) is 5.10 Å². The zero-order valence-electron chi connectivity index (χ0n) is 12.7. The minimum Gasteiger partial charge on any atom is -0.383 e. The molecule has 0 fully saturated rings. The van der Waals surface area contributed by atoms with Gasteiger partial charge >= 0.3 is 0 Å². The molecule has 1 aliphatic heterocycles. The van der Waals surface area contributed by atoms with Crippen LogP contribution in [0.2, 0.25) is 0 Å². The molecule has 2 unspecified atom stereocenters. The number of carbonyl (C=O) groups excluding carboxylic acids is 1. The Bertz CT molecular complexity index is 477. The lowest BCUT2D eigenvalue weighted by Gasteiger charge is -2.24. The van der Waals surface area contributed by atoms with Gasteiger partial charge in [0, 0.05) is 25.5 Å². The van der Waals surface area contributed by atoms with Crippen LogP contribution in [-0.2, 0) is 22.5 Å². The van der Waals surface area contributed by atoms with Gasteiger partial charge in [0.15, 0.2) is 5.82 Å². The number of rotatable bonds is 5. The minimum atomic E-state index is -0.622. The molecule has 0 spiro atoms. The summed E-state index contributed by atoms with van der Waals surface area (Å²) in [5, 5.41) is 7.44. The second kappa shape index (κ2) is 7.72. The lowest BCUT2D eigenvalue weighted by molar-refractivity contribution is -0.124. The molecular formula is C13H24ClN5O2. The smallest absolute Gasteiger partial charge is 0.239 e. The molecule has 0 saturated heterocycles. The molecule has 2 heterocycles. The Labute approximate surface area is 131 Å². The number of hydrogen-bond donors (Lipinski definition) is 2. The van der Waals surface area contributed by atoms with Gasteiger partial charge in [-0.25, -0.2) is 9.67 Å². The van der Waals surface area contributed by atoms with E-state index >= 15 is 0 Å². The third-order valence-corrected chi connectivity index (χ3v) is 3.42. The van der Waals surface area contributed by atoms with E-state index in [0.29, 0.717) is 12.5 Å². The van der Waals surface area contributed by atoms with Crippen molar-refractivity contribution < 1.29 is 9.53 Å². The van der Waals surface area contributed by atoms with E-state index in [1.165, 1.54) is 7.11 Å². The number of hydrogen-bond acceptors (Lipinski definition) is 5.